The van der Waals surface area contributed by atoms with Crippen LogP contribution in [0.1, 0.15) is 10.4 Å². The number of carbonyl (C=O) groups is 2. The van der Waals surface area contributed by atoms with Gasteiger partial charge in [0.05, 0.1) is 33.7 Å². The Morgan fingerprint density at radius 2 is 1.31 bits per heavy atom. The smallest absolute Gasteiger partial charge is 0.291 e. The number of nitrogens with zero attached hydrogens (tertiary/aromatic N) is 2. The van der Waals surface area contributed by atoms with Crippen molar-refractivity contribution >= 4 is 41.0 Å². The predicted octanol–water partition coefficient (Wildman–Crippen LogP) is 6.08. The van der Waals surface area contributed by atoms with Crippen LogP contribution in [-0.4, -0.2) is 21.9 Å². The minimum absolute atomic E-state index is 0.0198. The molecule has 0 saturated carbocycles. The monoisotopic (exact) mass is 462 g/mol. The van der Waals surface area contributed by atoms with Crippen LogP contribution in [0.4, 0.5) is 10.6 Å². The molecule has 0 atom stereocenters. The van der Waals surface area contributed by atoms with Gasteiger partial charge in [0.15, 0.2) is 5.82 Å². The summed E-state index contributed by atoms with van der Waals surface area (Å²) in [7, 11) is 0. The molecule has 4 rings (SSSR count). The molecule has 4 aromatic rings. The Kier molecular flexibility index (Phi) is 6.44. The quantitative estimate of drug-likeness (QED) is 0.384. The average molecular weight is 463 g/mol. The second-order valence-electron chi connectivity index (χ2n) is 6.74. The van der Waals surface area contributed by atoms with E-state index in [1.165, 1.54) is 18.3 Å². The van der Waals surface area contributed by atoms with Gasteiger partial charge in [-0.15, -0.1) is 0 Å². The Morgan fingerprint density at radius 3 is 1.94 bits per heavy atom. The van der Waals surface area contributed by atoms with E-state index in [4.69, 9.17) is 23.2 Å². The zero-order valence-corrected chi connectivity index (χ0v) is 18.1. The maximum atomic E-state index is 12.3. The maximum Gasteiger partial charge on any atom is 0.327 e. The topological polar surface area (TPSA) is 84.0 Å². The lowest BCUT2D eigenvalue weighted by Gasteiger charge is -2.09. The van der Waals surface area contributed by atoms with Crippen molar-refractivity contribution in [2.45, 2.75) is 0 Å². The van der Waals surface area contributed by atoms with Gasteiger partial charge in [-0.1, -0.05) is 83.9 Å². The van der Waals surface area contributed by atoms with Gasteiger partial charge in [0.25, 0.3) is 5.91 Å². The SMILES string of the molecule is O=C(NC(=O)c1c(Cl)cccc1Cl)Nc1cnc(-c2ccc(-c3ccccc3)cc2)cn1. The zero-order valence-electron chi connectivity index (χ0n) is 16.5. The molecule has 0 aliphatic heterocycles. The molecule has 0 radical (unpaired) electrons. The van der Waals surface area contributed by atoms with E-state index in [-0.39, 0.29) is 21.4 Å². The van der Waals surface area contributed by atoms with Gasteiger partial charge in [0, 0.05) is 5.56 Å². The van der Waals surface area contributed by atoms with Gasteiger partial charge in [-0.05, 0) is 23.3 Å². The van der Waals surface area contributed by atoms with Crippen molar-refractivity contribution in [1.82, 2.24) is 15.3 Å². The number of imide groups is 1. The number of halogens is 2. The fourth-order valence-corrected chi connectivity index (χ4v) is 3.60. The molecule has 0 unspecified atom stereocenters. The third-order valence-electron chi connectivity index (χ3n) is 4.60. The molecule has 0 aliphatic rings. The van der Waals surface area contributed by atoms with E-state index >= 15 is 0 Å². The summed E-state index contributed by atoms with van der Waals surface area (Å²) in [4.78, 5) is 33.0. The first-order chi connectivity index (χ1) is 15.5. The highest BCUT2D eigenvalue weighted by Crippen LogP contribution is 2.25. The van der Waals surface area contributed by atoms with E-state index in [9.17, 15) is 9.59 Å². The summed E-state index contributed by atoms with van der Waals surface area (Å²) < 4.78 is 0. The summed E-state index contributed by atoms with van der Waals surface area (Å²) in [5, 5.41) is 4.92. The van der Waals surface area contributed by atoms with Crippen molar-refractivity contribution in [3.63, 3.8) is 0 Å². The fraction of sp³-hybridized carbons (Fsp3) is 0. The van der Waals surface area contributed by atoms with Crippen LogP contribution in [0.2, 0.25) is 10.0 Å². The van der Waals surface area contributed by atoms with Crippen LogP contribution < -0.4 is 10.6 Å². The lowest BCUT2D eigenvalue weighted by atomic mass is 10.0. The number of hydrogen-bond acceptors (Lipinski definition) is 4. The van der Waals surface area contributed by atoms with Crippen LogP contribution >= 0.6 is 23.2 Å². The molecule has 3 amide bonds. The van der Waals surface area contributed by atoms with Gasteiger partial charge in [-0.25, -0.2) is 9.78 Å². The molecule has 0 aliphatic carbocycles. The number of amides is 3. The van der Waals surface area contributed by atoms with E-state index in [0.717, 1.165) is 16.7 Å². The van der Waals surface area contributed by atoms with Gasteiger partial charge in [-0.3, -0.25) is 20.4 Å². The van der Waals surface area contributed by atoms with E-state index in [1.54, 1.807) is 12.3 Å². The molecule has 32 heavy (non-hydrogen) atoms. The van der Waals surface area contributed by atoms with Crippen molar-refractivity contribution in [2.24, 2.45) is 0 Å². The normalized spacial score (nSPS) is 10.4. The molecule has 0 bridgehead atoms. The first-order valence-corrected chi connectivity index (χ1v) is 10.3. The van der Waals surface area contributed by atoms with Gasteiger partial charge in [-0.2, -0.15) is 0 Å². The van der Waals surface area contributed by atoms with Gasteiger partial charge in [0.1, 0.15) is 0 Å². The van der Waals surface area contributed by atoms with Gasteiger partial charge >= 0.3 is 6.03 Å². The van der Waals surface area contributed by atoms with Crippen molar-refractivity contribution in [2.75, 3.05) is 5.32 Å². The highest BCUT2D eigenvalue weighted by atomic mass is 35.5. The molecule has 8 heteroatoms. The molecular formula is C24H16Cl2N4O2. The molecule has 0 spiro atoms. The van der Waals surface area contributed by atoms with E-state index in [0.29, 0.717) is 5.69 Å². The summed E-state index contributed by atoms with van der Waals surface area (Å²) in [6.45, 7) is 0. The fourth-order valence-electron chi connectivity index (χ4n) is 3.03. The van der Waals surface area contributed by atoms with Crippen LogP contribution in [0.25, 0.3) is 22.4 Å². The Balaban J connectivity index is 1.40. The largest absolute Gasteiger partial charge is 0.327 e. The van der Waals surface area contributed by atoms with Crippen LogP contribution in [0.15, 0.2) is 85.2 Å². The van der Waals surface area contributed by atoms with Crippen LogP contribution in [-0.2, 0) is 0 Å². The molecule has 0 saturated heterocycles. The molecule has 1 heterocycles. The Hall–Kier alpha value is -3.74. The number of hydrogen-bond donors (Lipinski definition) is 2. The second-order valence-corrected chi connectivity index (χ2v) is 7.55. The number of aromatic nitrogens is 2. The van der Waals surface area contributed by atoms with Crippen LogP contribution in [0, 0.1) is 0 Å². The summed E-state index contributed by atoms with van der Waals surface area (Å²) in [6.07, 6.45) is 2.95. The molecule has 0 fully saturated rings. The van der Waals surface area contributed by atoms with Crippen molar-refractivity contribution in [3.05, 3.63) is 101 Å². The van der Waals surface area contributed by atoms with E-state index < -0.39 is 11.9 Å². The number of urea groups is 1. The Bertz CT molecular complexity index is 1240. The molecule has 158 valence electrons. The van der Waals surface area contributed by atoms with Gasteiger partial charge in [0.2, 0.25) is 0 Å². The second kappa shape index (κ2) is 9.60. The van der Waals surface area contributed by atoms with Crippen LogP contribution in [0.3, 0.4) is 0 Å². The average Bonchev–Trinajstić information content (AvgIpc) is 2.80. The van der Waals surface area contributed by atoms with Crippen LogP contribution in [0.5, 0.6) is 0 Å². The number of rotatable bonds is 4. The van der Waals surface area contributed by atoms with E-state index in [2.05, 4.69) is 20.6 Å². The van der Waals surface area contributed by atoms with Crippen molar-refractivity contribution < 1.29 is 9.59 Å². The minimum Gasteiger partial charge on any atom is -0.291 e. The lowest BCUT2D eigenvalue weighted by Crippen LogP contribution is -2.35. The third-order valence-corrected chi connectivity index (χ3v) is 5.23. The van der Waals surface area contributed by atoms with E-state index in [1.807, 2.05) is 54.6 Å². The molecule has 1 aromatic heterocycles. The summed E-state index contributed by atoms with van der Waals surface area (Å²) in [5.41, 5.74) is 3.78. The molecule has 2 N–H and O–H groups in total. The highest BCUT2D eigenvalue weighted by molar-refractivity contribution is 6.40. The number of carbonyl (C=O) groups excluding carboxylic acids is 2. The van der Waals surface area contributed by atoms with Crippen molar-refractivity contribution in [3.8, 4) is 22.4 Å². The lowest BCUT2D eigenvalue weighted by molar-refractivity contribution is 0.0967. The summed E-state index contributed by atoms with van der Waals surface area (Å²) >= 11 is 12.0. The third kappa shape index (κ3) is 4.94. The van der Waals surface area contributed by atoms with Gasteiger partial charge < -0.3 is 0 Å². The molecule has 6 nitrogen and oxygen atoms in total. The maximum absolute atomic E-state index is 12.3. The standard InChI is InChI=1S/C24H16Cl2N4O2/c25-18-7-4-8-19(26)22(18)23(31)30-24(32)29-21-14-27-20(13-28-21)17-11-9-16(10-12-17)15-5-2-1-3-6-15/h1-14H,(H2,28,29,30,31,32). The first-order valence-electron chi connectivity index (χ1n) is 9.55. The predicted molar refractivity (Wildman–Crippen MR) is 126 cm³/mol. The highest BCUT2D eigenvalue weighted by Gasteiger charge is 2.17. The Labute approximate surface area is 194 Å². The number of nitrogens with one attached hydrogen (secondary N) is 2. The van der Waals surface area contributed by atoms with Crippen molar-refractivity contribution in [1.29, 1.82) is 0 Å². The molecular weight excluding hydrogens is 447 g/mol. The molecule has 3 aromatic carbocycles. The zero-order chi connectivity index (χ0) is 22.5. The number of anilines is 1. The minimum atomic E-state index is -0.778. The number of benzene rings is 3. The first kappa shape index (κ1) is 21.5. The summed E-state index contributed by atoms with van der Waals surface area (Å²) in [5.74, 6) is -0.536. The summed E-state index contributed by atoms with van der Waals surface area (Å²) in [6, 6.07) is 21.8. The Morgan fingerprint density at radius 1 is 0.688 bits per heavy atom.